The summed E-state index contributed by atoms with van der Waals surface area (Å²) in [5.41, 5.74) is 9.77. The number of anilines is 2. The fourth-order valence-electron chi connectivity index (χ4n) is 2.31. The molecule has 0 fully saturated rings. The van der Waals surface area contributed by atoms with Crippen LogP contribution in [0.25, 0.3) is 0 Å². The third kappa shape index (κ3) is 2.89. The second-order valence-corrected chi connectivity index (χ2v) is 5.44. The molecule has 0 radical (unpaired) electrons. The Morgan fingerprint density at radius 3 is 2.52 bits per heavy atom. The average Bonchev–Trinajstić information content (AvgIpc) is 2.69. The van der Waals surface area contributed by atoms with Crippen molar-refractivity contribution in [3.8, 4) is 0 Å². The number of nitrogens with zero attached hydrogens (tertiary/aromatic N) is 3. The normalized spacial score (nSPS) is 11.0. The van der Waals surface area contributed by atoms with Crippen LogP contribution in [0.1, 0.15) is 47.3 Å². The van der Waals surface area contributed by atoms with E-state index in [4.69, 9.17) is 5.73 Å². The number of aryl methyl sites for hydroxylation is 2. The van der Waals surface area contributed by atoms with E-state index in [0.717, 1.165) is 17.1 Å². The van der Waals surface area contributed by atoms with E-state index in [1.807, 2.05) is 18.5 Å². The minimum atomic E-state index is -0.221. The van der Waals surface area contributed by atoms with Crippen molar-refractivity contribution in [1.29, 1.82) is 0 Å². The quantitative estimate of drug-likeness (QED) is 0.908. The molecule has 0 aliphatic rings. The van der Waals surface area contributed by atoms with Gasteiger partial charge >= 0.3 is 0 Å². The van der Waals surface area contributed by atoms with E-state index in [9.17, 15) is 4.79 Å². The fraction of sp³-hybridized carbons (Fsp3) is 0.400. The van der Waals surface area contributed by atoms with Crippen LogP contribution in [0.3, 0.4) is 0 Å². The molecule has 0 saturated carbocycles. The molecule has 0 spiro atoms. The predicted octanol–water partition coefficient (Wildman–Crippen LogP) is 2.62. The van der Waals surface area contributed by atoms with Gasteiger partial charge in [0.25, 0.3) is 5.91 Å². The molecule has 0 unspecified atom stereocenters. The lowest BCUT2D eigenvalue weighted by atomic mass is 10.1. The molecular formula is C15H21N5O. The number of nitrogen functional groups attached to an aromatic ring is 1. The number of amides is 1. The second-order valence-electron chi connectivity index (χ2n) is 5.44. The first kappa shape index (κ1) is 15.0. The van der Waals surface area contributed by atoms with Crippen LogP contribution in [0.4, 0.5) is 11.4 Å². The smallest absolute Gasteiger partial charge is 0.257 e. The average molecular weight is 287 g/mol. The van der Waals surface area contributed by atoms with Gasteiger partial charge in [0.05, 0.1) is 40.2 Å². The number of aromatic nitrogens is 3. The second kappa shape index (κ2) is 5.55. The van der Waals surface area contributed by atoms with E-state index in [1.54, 1.807) is 19.2 Å². The molecule has 2 heterocycles. The van der Waals surface area contributed by atoms with Gasteiger partial charge in [0.2, 0.25) is 0 Å². The fourth-order valence-corrected chi connectivity index (χ4v) is 2.31. The lowest BCUT2D eigenvalue weighted by molar-refractivity contribution is 0.102. The highest BCUT2D eigenvalue weighted by Crippen LogP contribution is 2.23. The molecular weight excluding hydrogens is 266 g/mol. The molecule has 0 aliphatic carbocycles. The summed E-state index contributed by atoms with van der Waals surface area (Å²) in [6.45, 7) is 9.71. The summed E-state index contributed by atoms with van der Waals surface area (Å²) in [6.07, 6.45) is 1.54. The molecule has 112 valence electrons. The SMILES string of the molecule is Cc1ncc(N)cc1C(=O)Nc1c(C)nn(C(C)C)c1C. The van der Waals surface area contributed by atoms with Crippen LogP contribution in [-0.4, -0.2) is 20.7 Å². The van der Waals surface area contributed by atoms with Gasteiger partial charge in [-0.3, -0.25) is 14.5 Å². The van der Waals surface area contributed by atoms with Crippen molar-refractivity contribution in [3.05, 3.63) is 34.9 Å². The zero-order valence-corrected chi connectivity index (χ0v) is 13.1. The summed E-state index contributed by atoms with van der Waals surface area (Å²) in [5.74, 6) is -0.221. The lowest BCUT2D eigenvalue weighted by Crippen LogP contribution is -2.16. The van der Waals surface area contributed by atoms with Gasteiger partial charge in [0, 0.05) is 6.04 Å². The molecule has 6 heteroatoms. The lowest BCUT2D eigenvalue weighted by Gasteiger charge is -2.10. The first-order chi connectivity index (χ1) is 9.81. The Morgan fingerprint density at radius 2 is 1.95 bits per heavy atom. The van der Waals surface area contributed by atoms with Crippen LogP contribution in [-0.2, 0) is 0 Å². The number of pyridine rings is 1. The molecule has 0 aromatic carbocycles. The van der Waals surface area contributed by atoms with Crippen molar-refractivity contribution in [2.24, 2.45) is 0 Å². The van der Waals surface area contributed by atoms with Crippen LogP contribution in [0.15, 0.2) is 12.3 Å². The van der Waals surface area contributed by atoms with Crippen molar-refractivity contribution < 1.29 is 4.79 Å². The monoisotopic (exact) mass is 287 g/mol. The number of nitrogens with one attached hydrogen (secondary N) is 1. The number of carbonyl (C=O) groups excluding carboxylic acids is 1. The standard InChI is InChI=1S/C15H21N5O/c1-8(2)20-11(5)14(10(4)19-20)18-15(21)13-6-12(16)7-17-9(13)3/h6-8H,16H2,1-5H3,(H,18,21). The molecule has 1 amide bonds. The maximum Gasteiger partial charge on any atom is 0.257 e. The Balaban J connectivity index is 2.34. The number of hydrogen-bond donors (Lipinski definition) is 2. The van der Waals surface area contributed by atoms with E-state index >= 15 is 0 Å². The van der Waals surface area contributed by atoms with Crippen molar-refractivity contribution in [2.75, 3.05) is 11.1 Å². The zero-order chi connectivity index (χ0) is 15.7. The number of hydrogen-bond acceptors (Lipinski definition) is 4. The highest BCUT2D eigenvalue weighted by atomic mass is 16.1. The van der Waals surface area contributed by atoms with Crippen molar-refractivity contribution in [3.63, 3.8) is 0 Å². The molecule has 0 atom stereocenters. The zero-order valence-electron chi connectivity index (χ0n) is 13.1. The Labute approximate surface area is 124 Å². The molecule has 2 aromatic heterocycles. The van der Waals surface area contributed by atoms with E-state index in [2.05, 4.69) is 29.2 Å². The number of rotatable bonds is 3. The molecule has 21 heavy (non-hydrogen) atoms. The number of carbonyl (C=O) groups is 1. The topological polar surface area (TPSA) is 85.8 Å². The summed E-state index contributed by atoms with van der Waals surface area (Å²) >= 11 is 0. The summed E-state index contributed by atoms with van der Waals surface area (Å²) in [5, 5.41) is 7.38. The van der Waals surface area contributed by atoms with Gasteiger partial charge in [-0.05, 0) is 40.7 Å². The predicted molar refractivity (Wildman–Crippen MR) is 83.4 cm³/mol. The molecule has 2 aromatic rings. The molecule has 0 saturated heterocycles. The van der Waals surface area contributed by atoms with Crippen LogP contribution in [0.5, 0.6) is 0 Å². The van der Waals surface area contributed by atoms with E-state index in [0.29, 0.717) is 16.9 Å². The highest BCUT2D eigenvalue weighted by molar-refractivity contribution is 6.06. The van der Waals surface area contributed by atoms with Gasteiger partial charge in [-0.2, -0.15) is 5.10 Å². The van der Waals surface area contributed by atoms with Crippen molar-refractivity contribution >= 4 is 17.3 Å². The van der Waals surface area contributed by atoms with Gasteiger partial charge in [-0.25, -0.2) is 0 Å². The van der Waals surface area contributed by atoms with E-state index in [1.165, 1.54) is 0 Å². The van der Waals surface area contributed by atoms with Gasteiger partial charge in [-0.15, -0.1) is 0 Å². The third-order valence-corrected chi connectivity index (χ3v) is 3.41. The Kier molecular flexibility index (Phi) is 3.97. The van der Waals surface area contributed by atoms with E-state index < -0.39 is 0 Å². The largest absolute Gasteiger partial charge is 0.397 e. The van der Waals surface area contributed by atoms with Gasteiger partial charge in [0.1, 0.15) is 0 Å². The maximum absolute atomic E-state index is 12.4. The molecule has 2 rings (SSSR count). The maximum atomic E-state index is 12.4. The summed E-state index contributed by atoms with van der Waals surface area (Å²) in [6, 6.07) is 1.87. The Bertz CT molecular complexity index is 688. The van der Waals surface area contributed by atoms with E-state index in [-0.39, 0.29) is 11.9 Å². The molecule has 0 aliphatic heterocycles. The van der Waals surface area contributed by atoms with Crippen LogP contribution < -0.4 is 11.1 Å². The van der Waals surface area contributed by atoms with Crippen molar-refractivity contribution in [1.82, 2.24) is 14.8 Å². The van der Waals surface area contributed by atoms with Crippen LogP contribution in [0.2, 0.25) is 0 Å². The summed E-state index contributed by atoms with van der Waals surface area (Å²) < 4.78 is 1.90. The summed E-state index contributed by atoms with van der Waals surface area (Å²) in [4.78, 5) is 16.5. The Morgan fingerprint density at radius 1 is 1.29 bits per heavy atom. The highest BCUT2D eigenvalue weighted by Gasteiger charge is 2.18. The van der Waals surface area contributed by atoms with Gasteiger partial charge in [0.15, 0.2) is 0 Å². The molecule has 3 N–H and O–H groups in total. The summed E-state index contributed by atoms with van der Waals surface area (Å²) in [7, 11) is 0. The molecule has 6 nitrogen and oxygen atoms in total. The first-order valence-electron chi connectivity index (χ1n) is 6.90. The number of nitrogens with two attached hydrogens (primary N) is 1. The van der Waals surface area contributed by atoms with Crippen LogP contribution in [0, 0.1) is 20.8 Å². The minimum absolute atomic E-state index is 0.221. The van der Waals surface area contributed by atoms with Gasteiger partial charge < -0.3 is 11.1 Å². The molecule has 0 bridgehead atoms. The Hall–Kier alpha value is -2.37. The van der Waals surface area contributed by atoms with Crippen molar-refractivity contribution in [2.45, 2.75) is 40.7 Å². The van der Waals surface area contributed by atoms with Gasteiger partial charge in [-0.1, -0.05) is 0 Å². The third-order valence-electron chi connectivity index (χ3n) is 3.41. The minimum Gasteiger partial charge on any atom is -0.397 e. The first-order valence-corrected chi connectivity index (χ1v) is 6.90. The van der Waals surface area contributed by atoms with Crippen LogP contribution >= 0.6 is 0 Å².